The van der Waals surface area contributed by atoms with Gasteiger partial charge in [0, 0.05) is 30.9 Å². The molecule has 2 amide bonds. The topological polar surface area (TPSA) is 97.1 Å². The number of hydrogen-bond acceptors (Lipinski definition) is 4. The molecule has 4 N–H and O–H groups in total. The lowest BCUT2D eigenvalue weighted by atomic mass is 10.2. The Morgan fingerprint density at radius 3 is 2.60 bits per heavy atom. The molecule has 0 bridgehead atoms. The fourth-order valence-electron chi connectivity index (χ4n) is 0.967. The van der Waals surface area contributed by atoms with Gasteiger partial charge in [0.1, 0.15) is 0 Å². The Bertz CT molecular complexity index is 339. The van der Waals surface area contributed by atoms with Crippen molar-refractivity contribution in [3.05, 3.63) is 30.1 Å². The van der Waals surface area contributed by atoms with Crippen LogP contribution in [0.1, 0.15) is 16.8 Å². The molecule has 0 aliphatic carbocycles. The van der Waals surface area contributed by atoms with Gasteiger partial charge in [-0.25, -0.2) is 5.84 Å². The number of hydrazine groups is 1. The van der Waals surface area contributed by atoms with Gasteiger partial charge in [-0.2, -0.15) is 0 Å². The summed E-state index contributed by atoms with van der Waals surface area (Å²) in [6, 6.07) is 3.19. The minimum atomic E-state index is -0.315. The number of nitrogens with zero attached hydrogens (tertiary/aromatic N) is 1. The van der Waals surface area contributed by atoms with Crippen LogP contribution in [0.3, 0.4) is 0 Å². The molecule has 0 radical (unpaired) electrons. The number of carbonyl (C=O) groups is 2. The first kappa shape index (κ1) is 11.1. The van der Waals surface area contributed by atoms with E-state index in [9.17, 15) is 9.59 Å². The van der Waals surface area contributed by atoms with Gasteiger partial charge >= 0.3 is 0 Å². The third kappa shape index (κ3) is 3.74. The summed E-state index contributed by atoms with van der Waals surface area (Å²) in [5, 5.41) is 2.58. The maximum absolute atomic E-state index is 11.4. The molecule has 6 nitrogen and oxygen atoms in total. The van der Waals surface area contributed by atoms with Crippen LogP contribution in [0.4, 0.5) is 0 Å². The van der Waals surface area contributed by atoms with E-state index in [4.69, 9.17) is 5.84 Å². The third-order valence-corrected chi connectivity index (χ3v) is 1.74. The summed E-state index contributed by atoms with van der Waals surface area (Å²) >= 11 is 0. The van der Waals surface area contributed by atoms with Crippen LogP contribution in [-0.2, 0) is 4.79 Å². The molecule has 0 spiro atoms. The Hall–Kier alpha value is -1.95. The Kier molecular flexibility index (Phi) is 4.24. The lowest BCUT2D eigenvalue weighted by Gasteiger charge is -2.03. The molecular formula is C9H12N4O2. The first-order chi connectivity index (χ1) is 7.24. The Morgan fingerprint density at radius 2 is 2.00 bits per heavy atom. The van der Waals surface area contributed by atoms with Gasteiger partial charge in [0.25, 0.3) is 5.91 Å². The van der Waals surface area contributed by atoms with Crippen molar-refractivity contribution < 1.29 is 9.59 Å². The van der Waals surface area contributed by atoms with Crippen LogP contribution in [0.2, 0.25) is 0 Å². The lowest BCUT2D eigenvalue weighted by Crippen LogP contribution is -2.34. The molecule has 0 aliphatic rings. The first-order valence-corrected chi connectivity index (χ1v) is 4.41. The van der Waals surface area contributed by atoms with Crippen LogP contribution in [0.5, 0.6) is 0 Å². The maximum Gasteiger partial charge on any atom is 0.251 e. The minimum absolute atomic E-state index is 0.160. The van der Waals surface area contributed by atoms with Crippen molar-refractivity contribution >= 4 is 11.8 Å². The zero-order valence-corrected chi connectivity index (χ0v) is 8.06. The van der Waals surface area contributed by atoms with E-state index in [0.717, 1.165) is 0 Å². The van der Waals surface area contributed by atoms with Crippen molar-refractivity contribution in [3.8, 4) is 0 Å². The molecule has 1 heterocycles. The maximum atomic E-state index is 11.4. The SMILES string of the molecule is NNC(=O)CCNC(=O)c1ccncc1. The largest absolute Gasteiger partial charge is 0.352 e. The summed E-state index contributed by atoms with van der Waals surface area (Å²) in [4.78, 5) is 25.9. The van der Waals surface area contributed by atoms with E-state index in [1.165, 1.54) is 12.4 Å². The Morgan fingerprint density at radius 1 is 1.33 bits per heavy atom. The van der Waals surface area contributed by atoms with Gasteiger partial charge in [-0.1, -0.05) is 0 Å². The molecule has 1 rings (SSSR count). The minimum Gasteiger partial charge on any atom is -0.352 e. The second-order valence-electron chi connectivity index (χ2n) is 2.81. The van der Waals surface area contributed by atoms with Crippen molar-refractivity contribution in [2.24, 2.45) is 5.84 Å². The molecule has 15 heavy (non-hydrogen) atoms. The number of nitrogens with one attached hydrogen (secondary N) is 2. The number of rotatable bonds is 4. The molecule has 0 fully saturated rings. The predicted octanol–water partition coefficient (Wildman–Crippen LogP) is -0.809. The molecule has 6 heteroatoms. The zero-order chi connectivity index (χ0) is 11.1. The summed E-state index contributed by atoms with van der Waals surface area (Å²) in [6.45, 7) is 0.254. The second kappa shape index (κ2) is 5.71. The van der Waals surface area contributed by atoms with Crippen molar-refractivity contribution in [3.63, 3.8) is 0 Å². The van der Waals surface area contributed by atoms with E-state index in [0.29, 0.717) is 5.56 Å². The molecule has 0 unspecified atom stereocenters. The van der Waals surface area contributed by atoms with Crippen molar-refractivity contribution in [1.82, 2.24) is 15.7 Å². The molecular weight excluding hydrogens is 196 g/mol. The molecule has 0 aliphatic heterocycles. The number of amides is 2. The van der Waals surface area contributed by atoms with Crippen LogP contribution in [0.25, 0.3) is 0 Å². The van der Waals surface area contributed by atoms with Crippen molar-refractivity contribution in [1.29, 1.82) is 0 Å². The van der Waals surface area contributed by atoms with Crippen LogP contribution in [0.15, 0.2) is 24.5 Å². The quantitative estimate of drug-likeness (QED) is 0.342. The van der Waals surface area contributed by atoms with Gasteiger partial charge in [0.05, 0.1) is 0 Å². The van der Waals surface area contributed by atoms with E-state index in [1.54, 1.807) is 12.1 Å². The highest BCUT2D eigenvalue weighted by Gasteiger charge is 2.04. The predicted molar refractivity (Wildman–Crippen MR) is 53.5 cm³/mol. The van der Waals surface area contributed by atoms with Crippen LogP contribution in [-0.4, -0.2) is 23.3 Å². The summed E-state index contributed by atoms with van der Waals surface area (Å²) in [7, 11) is 0. The van der Waals surface area contributed by atoms with Gasteiger partial charge in [-0.15, -0.1) is 0 Å². The molecule has 1 aromatic rings. The number of carbonyl (C=O) groups excluding carboxylic acids is 2. The fourth-order valence-corrected chi connectivity index (χ4v) is 0.967. The standard InChI is InChI=1S/C9H12N4O2/c10-13-8(14)3-6-12-9(15)7-1-4-11-5-2-7/h1-2,4-5H,3,6,10H2,(H,12,15)(H,13,14). The van der Waals surface area contributed by atoms with Crippen molar-refractivity contribution in [2.75, 3.05) is 6.54 Å². The molecule has 1 aromatic heterocycles. The summed E-state index contributed by atoms with van der Waals surface area (Å²) in [5.41, 5.74) is 2.49. The lowest BCUT2D eigenvalue weighted by molar-refractivity contribution is -0.121. The monoisotopic (exact) mass is 208 g/mol. The Balaban J connectivity index is 2.34. The smallest absolute Gasteiger partial charge is 0.251 e. The first-order valence-electron chi connectivity index (χ1n) is 4.41. The molecule has 0 atom stereocenters. The number of pyridine rings is 1. The van der Waals surface area contributed by atoms with E-state index in [-0.39, 0.29) is 24.8 Å². The normalized spacial score (nSPS) is 9.40. The highest BCUT2D eigenvalue weighted by Crippen LogP contribution is 1.95. The summed E-state index contributed by atoms with van der Waals surface area (Å²) in [6.07, 6.45) is 3.22. The van der Waals surface area contributed by atoms with Gasteiger partial charge < -0.3 is 5.32 Å². The van der Waals surface area contributed by atoms with Gasteiger partial charge in [0.15, 0.2) is 0 Å². The highest BCUT2D eigenvalue weighted by molar-refractivity contribution is 5.94. The summed E-state index contributed by atoms with van der Waals surface area (Å²) < 4.78 is 0. The third-order valence-electron chi connectivity index (χ3n) is 1.74. The van der Waals surface area contributed by atoms with E-state index >= 15 is 0 Å². The molecule has 0 saturated heterocycles. The van der Waals surface area contributed by atoms with E-state index < -0.39 is 0 Å². The Labute approximate surface area is 86.8 Å². The average molecular weight is 208 g/mol. The van der Waals surface area contributed by atoms with E-state index in [2.05, 4.69) is 10.3 Å². The van der Waals surface area contributed by atoms with Gasteiger partial charge in [-0.3, -0.25) is 20.0 Å². The summed E-state index contributed by atoms with van der Waals surface area (Å²) in [5.74, 6) is 4.33. The molecule has 80 valence electrons. The van der Waals surface area contributed by atoms with Crippen LogP contribution < -0.4 is 16.6 Å². The van der Waals surface area contributed by atoms with E-state index in [1.807, 2.05) is 5.43 Å². The average Bonchev–Trinajstić information content (AvgIpc) is 2.29. The van der Waals surface area contributed by atoms with Crippen molar-refractivity contribution in [2.45, 2.75) is 6.42 Å². The highest BCUT2D eigenvalue weighted by atomic mass is 16.2. The second-order valence-corrected chi connectivity index (χ2v) is 2.81. The van der Waals surface area contributed by atoms with Gasteiger partial charge in [-0.05, 0) is 12.1 Å². The number of aromatic nitrogens is 1. The number of hydrogen-bond donors (Lipinski definition) is 3. The molecule has 0 saturated carbocycles. The zero-order valence-electron chi connectivity index (χ0n) is 8.06. The number of nitrogens with two attached hydrogens (primary N) is 1. The van der Waals surface area contributed by atoms with Gasteiger partial charge in [0.2, 0.25) is 5.91 Å². The van der Waals surface area contributed by atoms with Crippen LogP contribution >= 0.6 is 0 Å². The molecule has 0 aromatic carbocycles. The fraction of sp³-hybridized carbons (Fsp3) is 0.222. The van der Waals surface area contributed by atoms with Crippen LogP contribution in [0, 0.1) is 0 Å².